The molecule has 2 aromatic heterocycles. The quantitative estimate of drug-likeness (QED) is 0.425. The van der Waals surface area contributed by atoms with Crippen molar-refractivity contribution in [2.24, 2.45) is 0 Å². The molecule has 0 bridgehead atoms. The van der Waals surface area contributed by atoms with E-state index in [2.05, 4.69) is 5.32 Å². The van der Waals surface area contributed by atoms with Gasteiger partial charge in [0.2, 0.25) is 0 Å². The molecule has 0 aliphatic carbocycles. The molecule has 0 spiro atoms. The number of aromatic nitrogens is 2. The number of carbonyl (C=O) groups is 1. The first-order valence-corrected chi connectivity index (χ1v) is 12.4. The molecule has 3 aliphatic rings. The van der Waals surface area contributed by atoms with Gasteiger partial charge in [-0.15, -0.1) is 0 Å². The maximum absolute atomic E-state index is 13.8. The number of ether oxygens (including phenoxy) is 4. The SMILES string of the molecule is CC[C@@]1(OC(C)C)C(=O)OCc2c1cc1n(c2=O)Cc2c-1nc1cc3c(cc1c2CNC)OCCO3. The van der Waals surface area contributed by atoms with Crippen LogP contribution in [0.1, 0.15) is 49.4 Å². The molecule has 9 heteroatoms. The van der Waals surface area contributed by atoms with E-state index in [0.717, 1.165) is 27.7 Å². The Morgan fingerprint density at radius 1 is 1.11 bits per heavy atom. The first-order chi connectivity index (χ1) is 17.4. The Kier molecular flexibility index (Phi) is 5.31. The number of nitrogens with one attached hydrogen (secondary N) is 1. The fourth-order valence-electron chi connectivity index (χ4n) is 5.66. The van der Waals surface area contributed by atoms with E-state index in [4.69, 9.17) is 23.9 Å². The lowest BCUT2D eigenvalue weighted by Gasteiger charge is -2.37. The van der Waals surface area contributed by atoms with Crippen LogP contribution in [0.5, 0.6) is 11.5 Å². The zero-order chi connectivity index (χ0) is 25.2. The second kappa shape index (κ2) is 8.31. The number of rotatable bonds is 5. The monoisotopic (exact) mass is 491 g/mol. The zero-order valence-electron chi connectivity index (χ0n) is 20.9. The summed E-state index contributed by atoms with van der Waals surface area (Å²) in [5.41, 5.74) is 3.76. The Balaban J connectivity index is 1.62. The zero-order valence-corrected chi connectivity index (χ0v) is 20.9. The molecule has 36 heavy (non-hydrogen) atoms. The van der Waals surface area contributed by atoms with Crippen molar-refractivity contribution in [3.63, 3.8) is 0 Å². The van der Waals surface area contributed by atoms with Crippen molar-refractivity contribution < 1.29 is 23.7 Å². The highest BCUT2D eigenvalue weighted by atomic mass is 16.6. The third-order valence-corrected chi connectivity index (χ3v) is 7.23. The molecule has 0 saturated carbocycles. The Morgan fingerprint density at radius 3 is 2.56 bits per heavy atom. The molecular weight excluding hydrogens is 462 g/mol. The van der Waals surface area contributed by atoms with Crippen LogP contribution in [0.4, 0.5) is 0 Å². The number of carbonyl (C=O) groups excluding carboxylic acids is 1. The fourth-order valence-corrected chi connectivity index (χ4v) is 5.66. The van der Waals surface area contributed by atoms with Gasteiger partial charge in [-0.3, -0.25) is 4.79 Å². The molecule has 0 unspecified atom stereocenters. The minimum absolute atomic E-state index is 0.0625. The van der Waals surface area contributed by atoms with Gasteiger partial charge in [0, 0.05) is 29.1 Å². The number of hydrogen-bond donors (Lipinski definition) is 1. The van der Waals surface area contributed by atoms with Gasteiger partial charge in [-0.25, -0.2) is 9.78 Å². The van der Waals surface area contributed by atoms with Crippen LogP contribution in [-0.4, -0.2) is 41.9 Å². The molecule has 0 amide bonds. The second-order valence-corrected chi connectivity index (χ2v) is 9.70. The van der Waals surface area contributed by atoms with Crippen molar-refractivity contribution in [3.8, 4) is 22.9 Å². The molecule has 1 atom stereocenters. The number of benzene rings is 1. The number of nitrogens with zero attached hydrogens (tertiary/aromatic N) is 2. The molecule has 0 radical (unpaired) electrons. The van der Waals surface area contributed by atoms with Crippen molar-refractivity contribution in [1.29, 1.82) is 0 Å². The number of esters is 1. The first-order valence-electron chi connectivity index (χ1n) is 12.4. The predicted octanol–water partition coefficient (Wildman–Crippen LogP) is 3.00. The van der Waals surface area contributed by atoms with Crippen molar-refractivity contribution in [3.05, 3.63) is 50.8 Å². The first kappa shape index (κ1) is 23.0. The molecule has 0 saturated heterocycles. The van der Waals surface area contributed by atoms with Crippen molar-refractivity contribution >= 4 is 16.9 Å². The number of cyclic esters (lactones) is 1. The van der Waals surface area contributed by atoms with Crippen molar-refractivity contribution in [2.75, 3.05) is 20.3 Å². The van der Waals surface area contributed by atoms with E-state index in [1.54, 1.807) is 4.57 Å². The van der Waals surface area contributed by atoms with Gasteiger partial charge in [-0.1, -0.05) is 6.92 Å². The molecule has 1 aromatic carbocycles. The van der Waals surface area contributed by atoms with Gasteiger partial charge in [0.25, 0.3) is 5.56 Å². The van der Waals surface area contributed by atoms with Gasteiger partial charge in [0.1, 0.15) is 19.8 Å². The Morgan fingerprint density at radius 2 is 1.86 bits per heavy atom. The number of pyridine rings is 2. The Labute approximate surface area is 208 Å². The molecule has 9 nitrogen and oxygen atoms in total. The maximum atomic E-state index is 13.8. The van der Waals surface area contributed by atoms with Crippen molar-refractivity contribution in [2.45, 2.75) is 58.6 Å². The van der Waals surface area contributed by atoms with Crippen LogP contribution < -0.4 is 20.3 Å². The van der Waals surface area contributed by atoms with E-state index in [0.29, 0.717) is 61.0 Å². The molecular formula is C27H29N3O6. The lowest BCUT2D eigenvalue weighted by Crippen LogP contribution is -2.47. The summed E-state index contributed by atoms with van der Waals surface area (Å²) in [6, 6.07) is 5.79. The van der Waals surface area contributed by atoms with Gasteiger partial charge >= 0.3 is 5.97 Å². The van der Waals surface area contributed by atoms with Gasteiger partial charge in [-0.2, -0.15) is 0 Å². The van der Waals surface area contributed by atoms with E-state index in [1.165, 1.54) is 0 Å². The Bertz CT molecular complexity index is 1480. The highest BCUT2D eigenvalue weighted by Gasteiger charge is 2.48. The van der Waals surface area contributed by atoms with E-state index in [9.17, 15) is 9.59 Å². The van der Waals surface area contributed by atoms with Gasteiger partial charge in [0.15, 0.2) is 17.1 Å². The van der Waals surface area contributed by atoms with Gasteiger partial charge < -0.3 is 28.8 Å². The van der Waals surface area contributed by atoms with Crippen LogP contribution in [0, 0.1) is 0 Å². The van der Waals surface area contributed by atoms with Crippen LogP contribution in [0.25, 0.3) is 22.3 Å². The summed E-state index contributed by atoms with van der Waals surface area (Å²) in [4.78, 5) is 31.8. The van der Waals surface area contributed by atoms with Gasteiger partial charge in [0.05, 0.1) is 35.1 Å². The summed E-state index contributed by atoms with van der Waals surface area (Å²) in [5.74, 6) is 0.903. The van der Waals surface area contributed by atoms with Crippen molar-refractivity contribution in [1.82, 2.24) is 14.9 Å². The van der Waals surface area contributed by atoms with Crippen LogP contribution in [0.2, 0.25) is 0 Å². The molecule has 0 fully saturated rings. The highest BCUT2D eigenvalue weighted by Crippen LogP contribution is 2.44. The van der Waals surface area contributed by atoms with Crippen LogP contribution in [0.15, 0.2) is 23.0 Å². The molecule has 3 aliphatic heterocycles. The minimum atomic E-state index is -1.33. The molecule has 5 heterocycles. The Hall–Kier alpha value is -3.43. The summed E-state index contributed by atoms with van der Waals surface area (Å²) < 4.78 is 25.0. The van der Waals surface area contributed by atoms with Crippen LogP contribution >= 0.6 is 0 Å². The van der Waals surface area contributed by atoms with E-state index in [-0.39, 0.29) is 18.3 Å². The van der Waals surface area contributed by atoms with E-state index < -0.39 is 11.6 Å². The largest absolute Gasteiger partial charge is 0.486 e. The third-order valence-electron chi connectivity index (χ3n) is 7.23. The lowest BCUT2D eigenvalue weighted by molar-refractivity contribution is -0.187. The van der Waals surface area contributed by atoms with E-state index in [1.807, 2.05) is 46.0 Å². The fraction of sp³-hybridized carbons (Fsp3) is 0.444. The minimum Gasteiger partial charge on any atom is -0.486 e. The number of fused-ring (bicyclic) bond motifs is 6. The molecule has 188 valence electrons. The summed E-state index contributed by atoms with van der Waals surface area (Å²) in [6.45, 7) is 7.54. The second-order valence-electron chi connectivity index (χ2n) is 9.70. The maximum Gasteiger partial charge on any atom is 0.343 e. The van der Waals surface area contributed by atoms with Crippen LogP contribution in [-0.2, 0) is 39.6 Å². The molecule has 3 aromatic rings. The summed E-state index contributed by atoms with van der Waals surface area (Å²) in [7, 11) is 1.89. The lowest BCUT2D eigenvalue weighted by atomic mass is 9.85. The van der Waals surface area contributed by atoms with E-state index >= 15 is 0 Å². The summed E-state index contributed by atoms with van der Waals surface area (Å²) in [6.07, 6.45) is 0.122. The normalized spacial score (nSPS) is 19.8. The summed E-state index contributed by atoms with van der Waals surface area (Å²) >= 11 is 0. The smallest absolute Gasteiger partial charge is 0.343 e. The third kappa shape index (κ3) is 3.19. The topological polar surface area (TPSA) is 101 Å². The molecule has 6 rings (SSSR count). The molecule has 1 N–H and O–H groups in total. The average molecular weight is 492 g/mol. The predicted molar refractivity (Wildman–Crippen MR) is 132 cm³/mol. The van der Waals surface area contributed by atoms with Crippen LogP contribution in [0.3, 0.4) is 0 Å². The standard InChI is InChI=1S/C27H29N3O6/c1-5-27(36-14(2)3)19-9-21-24-17(12-30(21)25(31)18(19)13-35-26(27)32)16(11-28-4)15-8-22-23(10-20(15)29-24)34-7-6-33-22/h8-10,14,28H,5-7,11-13H2,1-4H3/t27-/m0/s1. The van der Waals surface area contributed by atoms with Gasteiger partial charge in [-0.05, 0) is 45.0 Å². The summed E-state index contributed by atoms with van der Waals surface area (Å²) in [5, 5.41) is 4.22. The number of hydrogen-bond acceptors (Lipinski definition) is 8. The highest BCUT2D eigenvalue weighted by molar-refractivity contribution is 5.91. The average Bonchev–Trinajstić information content (AvgIpc) is 3.23.